The Labute approximate surface area is 86.8 Å². The summed E-state index contributed by atoms with van der Waals surface area (Å²) in [5.74, 6) is 1.68. The van der Waals surface area contributed by atoms with E-state index >= 15 is 0 Å². The zero-order chi connectivity index (χ0) is 10.6. The number of benzene rings is 1. The maximum atomic E-state index is 11.2. The van der Waals surface area contributed by atoms with Gasteiger partial charge in [-0.1, -0.05) is 17.5 Å². The minimum Gasteiger partial charge on any atom is -0.449 e. The third-order valence-electron chi connectivity index (χ3n) is 1.52. The van der Waals surface area contributed by atoms with Crippen molar-refractivity contribution < 1.29 is 9.53 Å². The molecule has 0 heterocycles. The van der Waals surface area contributed by atoms with Gasteiger partial charge in [-0.05, 0) is 18.2 Å². The Morgan fingerprint density at radius 2 is 2.36 bits per heavy atom. The lowest BCUT2D eigenvalue weighted by molar-refractivity contribution is 0.0557. The Hall–Kier alpha value is -1.66. The third-order valence-corrected chi connectivity index (χ3v) is 1.85. The number of terminal acetylenes is 1. The number of halogens is 1. The number of nitrogen functional groups attached to an aromatic ring is 1. The highest BCUT2D eigenvalue weighted by molar-refractivity contribution is 6.33. The van der Waals surface area contributed by atoms with E-state index in [2.05, 4.69) is 5.92 Å². The van der Waals surface area contributed by atoms with Crippen LogP contribution in [-0.4, -0.2) is 12.6 Å². The van der Waals surface area contributed by atoms with Gasteiger partial charge in [-0.25, -0.2) is 4.79 Å². The predicted molar refractivity (Wildman–Crippen MR) is 55.0 cm³/mol. The van der Waals surface area contributed by atoms with E-state index in [1.807, 2.05) is 0 Å². The van der Waals surface area contributed by atoms with Gasteiger partial charge in [0.05, 0.1) is 16.3 Å². The SMILES string of the molecule is C#CCOC(=O)c1ccc(N)c(Cl)c1. The first-order valence-corrected chi connectivity index (χ1v) is 4.18. The molecule has 0 aliphatic carbocycles. The second-order valence-electron chi connectivity index (χ2n) is 2.52. The van der Waals surface area contributed by atoms with Crippen LogP contribution in [0.15, 0.2) is 18.2 Å². The summed E-state index contributed by atoms with van der Waals surface area (Å²) in [5, 5.41) is 0.320. The first-order valence-electron chi connectivity index (χ1n) is 3.80. The molecule has 1 aromatic carbocycles. The van der Waals surface area contributed by atoms with Gasteiger partial charge in [-0.3, -0.25) is 0 Å². The molecule has 0 unspecified atom stereocenters. The van der Waals surface area contributed by atoms with Crippen LogP contribution in [0.25, 0.3) is 0 Å². The Balaban J connectivity index is 2.82. The first kappa shape index (κ1) is 10.4. The van der Waals surface area contributed by atoms with Crippen LogP contribution in [0.5, 0.6) is 0 Å². The molecule has 1 rings (SSSR count). The Bertz CT molecular complexity index is 396. The van der Waals surface area contributed by atoms with E-state index in [1.165, 1.54) is 18.2 Å². The van der Waals surface area contributed by atoms with Gasteiger partial charge in [0, 0.05) is 0 Å². The first-order chi connectivity index (χ1) is 6.65. The van der Waals surface area contributed by atoms with Crippen LogP contribution in [0.4, 0.5) is 5.69 Å². The highest BCUT2D eigenvalue weighted by Gasteiger charge is 2.07. The van der Waals surface area contributed by atoms with E-state index in [-0.39, 0.29) is 6.61 Å². The van der Waals surface area contributed by atoms with E-state index in [1.54, 1.807) is 0 Å². The van der Waals surface area contributed by atoms with Crippen LogP contribution in [-0.2, 0) is 4.74 Å². The van der Waals surface area contributed by atoms with Crippen LogP contribution >= 0.6 is 11.6 Å². The zero-order valence-electron chi connectivity index (χ0n) is 7.29. The third kappa shape index (κ3) is 2.41. The minimum absolute atomic E-state index is 0.0547. The van der Waals surface area contributed by atoms with Gasteiger partial charge in [0.25, 0.3) is 0 Å². The molecule has 0 amide bonds. The van der Waals surface area contributed by atoms with E-state index in [0.29, 0.717) is 16.3 Å². The van der Waals surface area contributed by atoms with E-state index in [0.717, 1.165) is 0 Å². The van der Waals surface area contributed by atoms with Crippen molar-refractivity contribution in [2.45, 2.75) is 0 Å². The van der Waals surface area contributed by atoms with Crippen molar-refractivity contribution in [1.29, 1.82) is 0 Å². The quantitative estimate of drug-likeness (QED) is 0.458. The van der Waals surface area contributed by atoms with E-state index < -0.39 is 5.97 Å². The fourth-order valence-corrected chi connectivity index (χ4v) is 1.03. The highest BCUT2D eigenvalue weighted by Crippen LogP contribution is 2.19. The van der Waals surface area contributed by atoms with Crippen molar-refractivity contribution in [2.75, 3.05) is 12.3 Å². The molecule has 0 spiro atoms. The predicted octanol–water partition coefficient (Wildman–Crippen LogP) is 1.71. The van der Waals surface area contributed by atoms with Crippen molar-refractivity contribution in [3.8, 4) is 12.3 Å². The Morgan fingerprint density at radius 1 is 1.64 bits per heavy atom. The van der Waals surface area contributed by atoms with Crippen molar-refractivity contribution >= 4 is 23.3 Å². The van der Waals surface area contributed by atoms with Crippen molar-refractivity contribution in [2.24, 2.45) is 0 Å². The molecule has 4 heteroatoms. The summed E-state index contributed by atoms with van der Waals surface area (Å²) >= 11 is 5.72. The minimum atomic E-state index is -0.509. The molecule has 0 bridgehead atoms. The molecule has 2 N–H and O–H groups in total. The van der Waals surface area contributed by atoms with Gasteiger partial charge in [0.1, 0.15) is 0 Å². The van der Waals surface area contributed by atoms with Crippen LogP contribution in [0.2, 0.25) is 5.02 Å². The molecule has 0 radical (unpaired) electrons. The van der Waals surface area contributed by atoms with Gasteiger partial charge in [0.2, 0.25) is 0 Å². The van der Waals surface area contributed by atoms with Gasteiger partial charge in [-0.15, -0.1) is 6.42 Å². The zero-order valence-corrected chi connectivity index (χ0v) is 8.04. The molecule has 0 fully saturated rings. The fraction of sp³-hybridized carbons (Fsp3) is 0.100. The number of hydrogen-bond acceptors (Lipinski definition) is 3. The molecule has 14 heavy (non-hydrogen) atoms. The molecular formula is C10H8ClNO2. The average Bonchev–Trinajstić information content (AvgIpc) is 2.18. The number of rotatable bonds is 2. The van der Waals surface area contributed by atoms with Gasteiger partial charge in [-0.2, -0.15) is 0 Å². The van der Waals surface area contributed by atoms with Crippen LogP contribution in [0, 0.1) is 12.3 Å². The highest BCUT2D eigenvalue weighted by atomic mass is 35.5. The van der Waals surface area contributed by atoms with Gasteiger partial charge in [0.15, 0.2) is 6.61 Å². The molecule has 0 aromatic heterocycles. The number of carbonyl (C=O) groups excluding carboxylic acids is 1. The molecule has 72 valence electrons. The normalized spacial score (nSPS) is 9.14. The summed E-state index contributed by atoms with van der Waals surface area (Å²) in [5.41, 5.74) is 6.22. The largest absolute Gasteiger partial charge is 0.449 e. The lowest BCUT2D eigenvalue weighted by Gasteiger charge is -2.02. The molecule has 0 aliphatic heterocycles. The lowest BCUT2D eigenvalue weighted by atomic mass is 10.2. The second-order valence-corrected chi connectivity index (χ2v) is 2.92. The maximum absolute atomic E-state index is 11.2. The Kier molecular flexibility index (Phi) is 3.38. The maximum Gasteiger partial charge on any atom is 0.339 e. The summed E-state index contributed by atoms with van der Waals surface area (Å²) in [6.45, 7) is -0.0547. The van der Waals surface area contributed by atoms with Gasteiger partial charge >= 0.3 is 5.97 Å². The van der Waals surface area contributed by atoms with Crippen LogP contribution in [0.3, 0.4) is 0 Å². The summed E-state index contributed by atoms with van der Waals surface area (Å²) in [7, 11) is 0. The number of nitrogens with two attached hydrogens (primary N) is 1. The number of esters is 1. The van der Waals surface area contributed by atoms with E-state index in [4.69, 9.17) is 28.5 Å². The van der Waals surface area contributed by atoms with Crippen LogP contribution in [0.1, 0.15) is 10.4 Å². The molecule has 1 aromatic rings. The molecule has 0 aliphatic rings. The second kappa shape index (κ2) is 4.54. The molecule has 0 saturated heterocycles. The topological polar surface area (TPSA) is 52.3 Å². The monoisotopic (exact) mass is 209 g/mol. The van der Waals surface area contributed by atoms with E-state index in [9.17, 15) is 4.79 Å². The summed E-state index contributed by atoms with van der Waals surface area (Å²) in [6.07, 6.45) is 4.94. The molecule has 0 saturated carbocycles. The molecular weight excluding hydrogens is 202 g/mol. The summed E-state index contributed by atoms with van der Waals surface area (Å²) in [6, 6.07) is 4.50. The smallest absolute Gasteiger partial charge is 0.339 e. The van der Waals surface area contributed by atoms with Crippen LogP contribution < -0.4 is 5.73 Å². The number of carbonyl (C=O) groups is 1. The molecule has 0 atom stereocenters. The summed E-state index contributed by atoms with van der Waals surface area (Å²) in [4.78, 5) is 11.2. The van der Waals surface area contributed by atoms with Crippen molar-refractivity contribution in [3.05, 3.63) is 28.8 Å². The fourth-order valence-electron chi connectivity index (χ4n) is 0.845. The van der Waals surface area contributed by atoms with Crippen molar-refractivity contribution in [1.82, 2.24) is 0 Å². The average molecular weight is 210 g/mol. The number of hydrogen-bond donors (Lipinski definition) is 1. The lowest BCUT2D eigenvalue weighted by Crippen LogP contribution is -2.05. The Morgan fingerprint density at radius 3 is 2.93 bits per heavy atom. The number of ether oxygens (including phenoxy) is 1. The summed E-state index contributed by atoms with van der Waals surface area (Å²) < 4.78 is 4.70. The van der Waals surface area contributed by atoms with Gasteiger partial charge < -0.3 is 10.5 Å². The molecule has 3 nitrogen and oxygen atoms in total. The standard InChI is InChI=1S/C10H8ClNO2/c1-2-5-14-10(13)7-3-4-9(12)8(11)6-7/h1,3-4,6H,5,12H2. The van der Waals surface area contributed by atoms with Crippen molar-refractivity contribution in [3.63, 3.8) is 0 Å². The number of anilines is 1.